The van der Waals surface area contributed by atoms with E-state index in [4.69, 9.17) is 9.15 Å². The Morgan fingerprint density at radius 2 is 1.76 bits per heavy atom. The van der Waals surface area contributed by atoms with E-state index in [2.05, 4.69) is 4.98 Å². The maximum Gasteiger partial charge on any atom is 0.312 e. The molecule has 1 aliphatic heterocycles. The fraction of sp³-hybridized carbons (Fsp3) is 0.0741. The van der Waals surface area contributed by atoms with E-state index in [1.165, 1.54) is 24.5 Å². The number of hydrogen-bond donors (Lipinski definition) is 2. The normalized spacial score (nSPS) is 15.3. The highest BCUT2D eigenvalue weighted by Gasteiger charge is 2.34. The van der Waals surface area contributed by atoms with Crippen LogP contribution in [-0.2, 0) is 4.79 Å². The molecule has 1 atom stereocenters. The van der Waals surface area contributed by atoms with E-state index < -0.39 is 17.3 Å². The second kappa shape index (κ2) is 7.45. The molecular weight excluding hydrogens is 434 g/mol. The van der Waals surface area contributed by atoms with Gasteiger partial charge in [-0.25, -0.2) is 0 Å². The monoisotopic (exact) mass is 451 g/mol. The van der Waals surface area contributed by atoms with E-state index in [-0.39, 0.29) is 40.2 Å². The van der Waals surface area contributed by atoms with Crippen molar-refractivity contribution in [1.29, 1.82) is 0 Å². The van der Waals surface area contributed by atoms with Crippen LogP contribution < -0.4 is 10.2 Å². The van der Waals surface area contributed by atoms with Crippen LogP contribution >= 0.6 is 0 Å². The van der Waals surface area contributed by atoms with E-state index in [0.717, 1.165) is 16.5 Å². The van der Waals surface area contributed by atoms with Crippen molar-refractivity contribution in [2.45, 2.75) is 12.3 Å². The standard InChI is InChI=1S/C27H17NO6/c29-16-8-6-14(7-9-16)19-13-33-27-23-18(17-5-1-3-15-4-2-10-28-25(15)17)11-22(31)34-21(23)12-20(30)24(27)26(19)32/h1-10,12-13,18,29-30H,11H2/t18-/m1/s1. The number of carbonyl (C=O) groups excluding carboxylic acids is 1. The van der Waals surface area contributed by atoms with Crippen LogP contribution in [0.25, 0.3) is 33.0 Å². The smallest absolute Gasteiger partial charge is 0.312 e. The van der Waals surface area contributed by atoms with Crippen LogP contribution in [-0.4, -0.2) is 21.2 Å². The zero-order valence-electron chi connectivity index (χ0n) is 17.7. The SMILES string of the molecule is O=C1C[C@H](c2cccc3cccnc23)c2c(cc(O)c3c(=O)c(-c4ccc(O)cc4)coc23)O1. The van der Waals surface area contributed by atoms with Gasteiger partial charge in [0, 0.05) is 29.1 Å². The molecule has 166 valence electrons. The summed E-state index contributed by atoms with van der Waals surface area (Å²) in [6.45, 7) is 0. The van der Waals surface area contributed by atoms with Crippen LogP contribution in [0.4, 0.5) is 0 Å². The van der Waals surface area contributed by atoms with Gasteiger partial charge in [-0.15, -0.1) is 0 Å². The van der Waals surface area contributed by atoms with E-state index in [1.54, 1.807) is 18.3 Å². The Balaban J connectivity index is 1.64. The average molecular weight is 451 g/mol. The molecule has 0 saturated heterocycles. The van der Waals surface area contributed by atoms with Crippen molar-refractivity contribution in [2.75, 3.05) is 0 Å². The molecule has 0 spiro atoms. The number of hydrogen-bond acceptors (Lipinski definition) is 7. The predicted octanol–water partition coefficient (Wildman–Crippen LogP) is 4.86. The molecule has 3 heterocycles. The van der Waals surface area contributed by atoms with E-state index >= 15 is 0 Å². The Labute approximate surface area is 192 Å². The second-order valence-electron chi connectivity index (χ2n) is 8.19. The first-order valence-corrected chi connectivity index (χ1v) is 10.7. The molecular formula is C27H17NO6. The first-order valence-electron chi connectivity index (χ1n) is 10.7. The number of carbonyl (C=O) groups is 1. The molecule has 0 saturated carbocycles. The molecule has 34 heavy (non-hydrogen) atoms. The molecule has 2 aromatic heterocycles. The first-order chi connectivity index (χ1) is 16.5. The Hall–Kier alpha value is -4.65. The molecule has 6 rings (SSSR count). The topological polar surface area (TPSA) is 110 Å². The maximum atomic E-state index is 13.4. The van der Waals surface area contributed by atoms with Gasteiger partial charge in [-0.2, -0.15) is 0 Å². The summed E-state index contributed by atoms with van der Waals surface area (Å²) in [6, 6.07) is 16.9. The van der Waals surface area contributed by atoms with Crippen LogP contribution in [0.2, 0.25) is 0 Å². The summed E-state index contributed by atoms with van der Waals surface area (Å²) in [5, 5.41) is 21.2. The van der Waals surface area contributed by atoms with Gasteiger partial charge in [0.2, 0.25) is 5.43 Å². The molecule has 0 fully saturated rings. The van der Waals surface area contributed by atoms with Crippen molar-refractivity contribution in [3.63, 3.8) is 0 Å². The summed E-state index contributed by atoms with van der Waals surface area (Å²) in [5.74, 6) is -1.06. The number of fused-ring (bicyclic) bond motifs is 4. The minimum absolute atomic E-state index is 0.000435. The van der Waals surface area contributed by atoms with Gasteiger partial charge < -0.3 is 19.4 Å². The van der Waals surface area contributed by atoms with E-state index in [9.17, 15) is 19.8 Å². The molecule has 7 heteroatoms. The molecule has 3 aromatic carbocycles. The molecule has 1 aliphatic rings. The number of esters is 1. The first kappa shape index (κ1) is 20.0. The Morgan fingerprint density at radius 3 is 2.59 bits per heavy atom. The lowest BCUT2D eigenvalue weighted by molar-refractivity contribution is -0.135. The Kier molecular flexibility index (Phi) is 4.38. The number of phenols is 2. The van der Waals surface area contributed by atoms with Gasteiger partial charge >= 0.3 is 5.97 Å². The van der Waals surface area contributed by atoms with Crippen LogP contribution in [0.3, 0.4) is 0 Å². The summed E-state index contributed by atoms with van der Waals surface area (Å²) in [6.07, 6.45) is 3.05. The molecule has 0 aliphatic carbocycles. The number of nitrogens with zero attached hydrogens (tertiary/aromatic N) is 1. The number of phenolic OH excluding ortho intramolecular Hbond substituents is 2. The third-order valence-corrected chi connectivity index (χ3v) is 6.19. The van der Waals surface area contributed by atoms with Gasteiger partial charge in [-0.1, -0.05) is 36.4 Å². The highest BCUT2D eigenvalue weighted by Crippen LogP contribution is 2.46. The molecule has 5 aromatic rings. The van der Waals surface area contributed by atoms with E-state index in [0.29, 0.717) is 11.1 Å². The number of rotatable bonds is 2. The van der Waals surface area contributed by atoms with Crippen LogP contribution in [0.5, 0.6) is 17.2 Å². The lowest BCUT2D eigenvalue weighted by Crippen LogP contribution is -2.22. The summed E-state index contributed by atoms with van der Waals surface area (Å²) in [5.41, 5.74) is 2.55. The number of benzene rings is 3. The number of aromatic hydroxyl groups is 2. The second-order valence-corrected chi connectivity index (χ2v) is 8.19. The Morgan fingerprint density at radius 1 is 0.971 bits per heavy atom. The van der Waals surface area contributed by atoms with Gasteiger partial charge in [-0.05, 0) is 29.3 Å². The summed E-state index contributed by atoms with van der Waals surface area (Å²) in [4.78, 5) is 30.4. The van der Waals surface area contributed by atoms with Gasteiger partial charge in [-0.3, -0.25) is 14.6 Å². The van der Waals surface area contributed by atoms with Gasteiger partial charge in [0.15, 0.2) is 0 Å². The predicted molar refractivity (Wildman–Crippen MR) is 125 cm³/mol. The lowest BCUT2D eigenvalue weighted by atomic mass is 9.84. The number of ether oxygens (including phenoxy) is 1. The highest BCUT2D eigenvalue weighted by atomic mass is 16.5. The number of para-hydroxylation sites is 1. The Bertz CT molecular complexity index is 1660. The van der Waals surface area contributed by atoms with E-state index in [1.807, 2.05) is 30.3 Å². The van der Waals surface area contributed by atoms with Gasteiger partial charge in [0.1, 0.15) is 34.5 Å². The third kappa shape index (κ3) is 3.02. The fourth-order valence-corrected chi connectivity index (χ4v) is 4.65. The highest BCUT2D eigenvalue weighted by molar-refractivity contribution is 5.95. The zero-order valence-corrected chi connectivity index (χ0v) is 17.7. The molecule has 0 unspecified atom stereocenters. The van der Waals surface area contributed by atoms with Crippen molar-refractivity contribution in [3.8, 4) is 28.4 Å². The molecule has 2 N–H and O–H groups in total. The number of aromatic nitrogens is 1. The maximum absolute atomic E-state index is 13.4. The number of pyridine rings is 1. The minimum Gasteiger partial charge on any atom is -0.508 e. The lowest BCUT2D eigenvalue weighted by Gasteiger charge is -2.26. The van der Waals surface area contributed by atoms with Gasteiger partial charge in [0.25, 0.3) is 0 Å². The average Bonchev–Trinajstić information content (AvgIpc) is 2.84. The fourth-order valence-electron chi connectivity index (χ4n) is 4.65. The zero-order chi connectivity index (χ0) is 23.4. The summed E-state index contributed by atoms with van der Waals surface area (Å²) >= 11 is 0. The molecule has 7 nitrogen and oxygen atoms in total. The van der Waals surface area contributed by atoms with Crippen molar-refractivity contribution >= 4 is 27.8 Å². The summed E-state index contributed by atoms with van der Waals surface area (Å²) in [7, 11) is 0. The van der Waals surface area contributed by atoms with Crippen LogP contribution in [0.15, 0.2) is 82.3 Å². The molecule has 0 radical (unpaired) electrons. The minimum atomic E-state index is -0.486. The third-order valence-electron chi connectivity index (χ3n) is 6.19. The molecule has 0 amide bonds. The van der Waals surface area contributed by atoms with Crippen molar-refractivity contribution in [2.24, 2.45) is 0 Å². The molecule has 0 bridgehead atoms. The van der Waals surface area contributed by atoms with Crippen molar-refractivity contribution in [1.82, 2.24) is 4.98 Å². The van der Waals surface area contributed by atoms with Crippen LogP contribution in [0, 0.1) is 0 Å². The van der Waals surface area contributed by atoms with Crippen LogP contribution in [0.1, 0.15) is 23.5 Å². The van der Waals surface area contributed by atoms with Crippen molar-refractivity contribution in [3.05, 3.63) is 94.5 Å². The van der Waals surface area contributed by atoms with Crippen molar-refractivity contribution < 1.29 is 24.2 Å². The quantitative estimate of drug-likeness (QED) is 0.291. The van der Waals surface area contributed by atoms with Gasteiger partial charge in [0.05, 0.1) is 17.5 Å². The largest absolute Gasteiger partial charge is 0.508 e. The summed E-state index contributed by atoms with van der Waals surface area (Å²) < 4.78 is 11.4.